The summed E-state index contributed by atoms with van der Waals surface area (Å²) in [6, 6.07) is 4.62. The molecule has 2 rings (SSSR count). The van der Waals surface area contributed by atoms with Crippen molar-refractivity contribution in [1.29, 1.82) is 0 Å². The maximum Gasteiger partial charge on any atom is 0.126 e. The molecule has 1 N–H and O–H groups in total. The van der Waals surface area contributed by atoms with Gasteiger partial charge in [0.1, 0.15) is 11.9 Å². The van der Waals surface area contributed by atoms with E-state index in [0.717, 1.165) is 0 Å². The molecule has 0 aliphatic carbocycles. The number of aliphatic hydroxyl groups is 1. The first-order chi connectivity index (χ1) is 7.68. The molecule has 0 aliphatic rings. The standard InChI is InChI=1S/C12H11FN2O/c1-8-2-3-9(6-10(8)13)12(16)11-7-14-4-5-15-11/h2-7,12,16H,1H3. The zero-order valence-corrected chi connectivity index (χ0v) is 8.76. The maximum absolute atomic E-state index is 13.3. The average molecular weight is 218 g/mol. The van der Waals surface area contributed by atoms with E-state index in [4.69, 9.17) is 0 Å². The summed E-state index contributed by atoms with van der Waals surface area (Å²) < 4.78 is 13.3. The van der Waals surface area contributed by atoms with E-state index in [0.29, 0.717) is 16.8 Å². The monoisotopic (exact) mass is 218 g/mol. The van der Waals surface area contributed by atoms with Crippen LogP contribution in [0.1, 0.15) is 22.9 Å². The SMILES string of the molecule is Cc1ccc(C(O)c2cnccn2)cc1F. The Morgan fingerprint density at radius 2 is 2.12 bits per heavy atom. The molecule has 1 aromatic carbocycles. The molecule has 16 heavy (non-hydrogen) atoms. The van der Waals surface area contributed by atoms with Gasteiger partial charge in [-0.05, 0) is 24.1 Å². The summed E-state index contributed by atoms with van der Waals surface area (Å²) in [5.74, 6) is -0.333. The van der Waals surface area contributed by atoms with Gasteiger partial charge < -0.3 is 5.11 Å². The van der Waals surface area contributed by atoms with Gasteiger partial charge in [0.15, 0.2) is 0 Å². The van der Waals surface area contributed by atoms with Gasteiger partial charge in [-0.2, -0.15) is 0 Å². The maximum atomic E-state index is 13.3. The van der Waals surface area contributed by atoms with Gasteiger partial charge >= 0.3 is 0 Å². The highest BCUT2D eigenvalue weighted by Gasteiger charge is 2.13. The number of hydrogen-bond donors (Lipinski definition) is 1. The molecule has 1 atom stereocenters. The largest absolute Gasteiger partial charge is 0.382 e. The van der Waals surface area contributed by atoms with E-state index in [-0.39, 0.29) is 5.82 Å². The first kappa shape index (κ1) is 10.7. The summed E-state index contributed by atoms with van der Waals surface area (Å²) in [5, 5.41) is 9.94. The number of halogens is 1. The second-order valence-electron chi connectivity index (χ2n) is 3.54. The Morgan fingerprint density at radius 3 is 2.75 bits per heavy atom. The van der Waals surface area contributed by atoms with Gasteiger partial charge in [-0.25, -0.2) is 4.39 Å². The molecule has 1 unspecified atom stereocenters. The lowest BCUT2D eigenvalue weighted by Gasteiger charge is -2.10. The van der Waals surface area contributed by atoms with Crippen molar-refractivity contribution in [1.82, 2.24) is 9.97 Å². The molecule has 0 radical (unpaired) electrons. The minimum atomic E-state index is -0.941. The van der Waals surface area contributed by atoms with Crippen molar-refractivity contribution in [2.75, 3.05) is 0 Å². The van der Waals surface area contributed by atoms with Crippen LogP contribution in [0.5, 0.6) is 0 Å². The molecule has 82 valence electrons. The molecular formula is C12H11FN2O. The molecule has 1 aromatic heterocycles. The van der Waals surface area contributed by atoms with Crippen LogP contribution in [0.25, 0.3) is 0 Å². The van der Waals surface area contributed by atoms with Crippen LogP contribution in [0, 0.1) is 12.7 Å². The smallest absolute Gasteiger partial charge is 0.126 e. The van der Waals surface area contributed by atoms with Crippen LogP contribution >= 0.6 is 0 Å². The number of nitrogens with zero attached hydrogens (tertiary/aromatic N) is 2. The zero-order chi connectivity index (χ0) is 11.5. The van der Waals surface area contributed by atoms with E-state index in [1.807, 2.05) is 0 Å². The number of aryl methyl sites for hydroxylation is 1. The van der Waals surface area contributed by atoms with Crippen molar-refractivity contribution in [3.8, 4) is 0 Å². The molecule has 0 bridgehead atoms. The van der Waals surface area contributed by atoms with Crippen molar-refractivity contribution < 1.29 is 9.50 Å². The zero-order valence-electron chi connectivity index (χ0n) is 8.76. The van der Waals surface area contributed by atoms with E-state index in [1.165, 1.54) is 24.7 Å². The fourth-order valence-corrected chi connectivity index (χ4v) is 1.40. The second-order valence-corrected chi connectivity index (χ2v) is 3.54. The summed E-state index contributed by atoms with van der Waals surface area (Å²) in [7, 11) is 0. The molecule has 1 heterocycles. The molecule has 0 fully saturated rings. The van der Waals surface area contributed by atoms with Gasteiger partial charge in [0.25, 0.3) is 0 Å². The summed E-state index contributed by atoms with van der Waals surface area (Å²) in [4.78, 5) is 7.83. The van der Waals surface area contributed by atoms with Crippen LogP contribution in [0.3, 0.4) is 0 Å². The van der Waals surface area contributed by atoms with Crippen LogP contribution in [0.2, 0.25) is 0 Å². The molecule has 0 saturated carbocycles. The predicted octanol–water partition coefficient (Wildman–Crippen LogP) is 2.01. The van der Waals surface area contributed by atoms with E-state index in [9.17, 15) is 9.50 Å². The minimum absolute atomic E-state index is 0.333. The second kappa shape index (κ2) is 4.37. The van der Waals surface area contributed by atoms with Gasteiger partial charge in [-0.15, -0.1) is 0 Å². The minimum Gasteiger partial charge on any atom is -0.382 e. The van der Waals surface area contributed by atoms with E-state index in [2.05, 4.69) is 9.97 Å². The summed E-state index contributed by atoms with van der Waals surface area (Å²) in [6.45, 7) is 1.67. The Balaban J connectivity index is 2.34. The number of aromatic nitrogens is 2. The van der Waals surface area contributed by atoms with Crippen LogP contribution in [0.15, 0.2) is 36.8 Å². The van der Waals surface area contributed by atoms with Crippen molar-refractivity contribution in [3.05, 3.63) is 59.4 Å². The highest BCUT2D eigenvalue weighted by molar-refractivity contribution is 5.28. The van der Waals surface area contributed by atoms with Crippen molar-refractivity contribution in [2.45, 2.75) is 13.0 Å². The molecule has 0 amide bonds. The summed E-state index contributed by atoms with van der Waals surface area (Å²) in [6.07, 6.45) is 3.53. The Hall–Kier alpha value is -1.81. The molecule has 0 spiro atoms. The van der Waals surface area contributed by atoms with E-state index < -0.39 is 6.10 Å². The molecule has 0 aliphatic heterocycles. The fraction of sp³-hybridized carbons (Fsp3) is 0.167. The van der Waals surface area contributed by atoms with E-state index >= 15 is 0 Å². The Labute approximate surface area is 92.6 Å². The van der Waals surface area contributed by atoms with Gasteiger partial charge in [-0.1, -0.05) is 12.1 Å². The predicted molar refractivity (Wildman–Crippen MR) is 57.2 cm³/mol. The first-order valence-electron chi connectivity index (χ1n) is 4.88. The van der Waals surface area contributed by atoms with Crippen LogP contribution in [-0.2, 0) is 0 Å². The third-order valence-electron chi connectivity index (χ3n) is 2.37. The number of benzene rings is 1. The highest BCUT2D eigenvalue weighted by Crippen LogP contribution is 2.21. The number of aliphatic hydroxyl groups excluding tert-OH is 1. The molecule has 0 saturated heterocycles. The number of rotatable bonds is 2. The summed E-state index contributed by atoms with van der Waals surface area (Å²) in [5.41, 5.74) is 1.43. The summed E-state index contributed by atoms with van der Waals surface area (Å²) >= 11 is 0. The molecule has 3 nitrogen and oxygen atoms in total. The van der Waals surface area contributed by atoms with Crippen LogP contribution < -0.4 is 0 Å². The van der Waals surface area contributed by atoms with Gasteiger partial charge in [-0.3, -0.25) is 9.97 Å². The van der Waals surface area contributed by atoms with Crippen LogP contribution in [-0.4, -0.2) is 15.1 Å². The lowest BCUT2D eigenvalue weighted by molar-refractivity contribution is 0.214. The lowest BCUT2D eigenvalue weighted by Crippen LogP contribution is -2.03. The van der Waals surface area contributed by atoms with Gasteiger partial charge in [0.2, 0.25) is 0 Å². The lowest BCUT2D eigenvalue weighted by atomic mass is 10.0. The quantitative estimate of drug-likeness (QED) is 0.838. The normalized spacial score (nSPS) is 12.4. The number of hydrogen-bond acceptors (Lipinski definition) is 3. The Morgan fingerprint density at radius 1 is 1.31 bits per heavy atom. The molecule has 2 aromatic rings. The third-order valence-corrected chi connectivity index (χ3v) is 2.37. The first-order valence-corrected chi connectivity index (χ1v) is 4.88. The van der Waals surface area contributed by atoms with Crippen molar-refractivity contribution in [2.24, 2.45) is 0 Å². The fourth-order valence-electron chi connectivity index (χ4n) is 1.40. The average Bonchev–Trinajstić information content (AvgIpc) is 2.33. The van der Waals surface area contributed by atoms with Crippen molar-refractivity contribution in [3.63, 3.8) is 0 Å². The highest BCUT2D eigenvalue weighted by atomic mass is 19.1. The van der Waals surface area contributed by atoms with Crippen LogP contribution in [0.4, 0.5) is 4.39 Å². The van der Waals surface area contributed by atoms with Gasteiger partial charge in [0, 0.05) is 12.4 Å². The van der Waals surface area contributed by atoms with Crippen molar-refractivity contribution >= 4 is 0 Å². The Kier molecular flexibility index (Phi) is 2.92. The van der Waals surface area contributed by atoms with Gasteiger partial charge in [0.05, 0.1) is 11.9 Å². The van der Waals surface area contributed by atoms with E-state index in [1.54, 1.807) is 19.1 Å². The third kappa shape index (κ3) is 2.06. The topological polar surface area (TPSA) is 46.0 Å². The molecule has 4 heteroatoms. The Bertz CT molecular complexity index is 488. The molecular weight excluding hydrogens is 207 g/mol.